The summed E-state index contributed by atoms with van der Waals surface area (Å²) in [6, 6.07) is 12.4. The number of carbonyl (C=O) groups is 1. The Morgan fingerprint density at radius 1 is 1.17 bits per heavy atom. The van der Waals surface area contributed by atoms with E-state index in [1.54, 1.807) is 4.68 Å². The Bertz CT molecular complexity index is 862. The zero-order chi connectivity index (χ0) is 17.1. The summed E-state index contributed by atoms with van der Waals surface area (Å²) >= 11 is 0. The Morgan fingerprint density at radius 3 is 2.62 bits per heavy atom. The van der Waals surface area contributed by atoms with Crippen molar-refractivity contribution in [3.8, 4) is 5.69 Å². The van der Waals surface area contributed by atoms with E-state index in [-0.39, 0.29) is 11.1 Å². The number of nitrogens with zero attached hydrogens (tertiary/aromatic N) is 2. The number of para-hydroxylation sites is 1. The van der Waals surface area contributed by atoms with Gasteiger partial charge in [0.25, 0.3) is 0 Å². The highest BCUT2D eigenvalue weighted by Crippen LogP contribution is 2.22. The summed E-state index contributed by atoms with van der Waals surface area (Å²) in [6.45, 7) is 1.52. The molecule has 0 aliphatic carbocycles. The molecule has 1 heterocycles. The Morgan fingerprint density at radius 2 is 1.92 bits per heavy atom. The minimum atomic E-state index is -0.849. The number of ether oxygens (including phenoxy) is 1. The average Bonchev–Trinajstić information content (AvgIpc) is 3.05. The van der Waals surface area contributed by atoms with Crippen LogP contribution in [0.4, 0.5) is 8.78 Å². The van der Waals surface area contributed by atoms with Crippen molar-refractivity contribution >= 4 is 5.97 Å². The third-order valence-electron chi connectivity index (χ3n) is 3.52. The standard InChI is InChI=1S/C18H14F2N2O2/c1-12(16-8-7-14(19)9-17(16)20)24-18(23)13-10-21-22(11-13)15-5-3-2-4-6-15/h2-12H,1H3. The van der Waals surface area contributed by atoms with Gasteiger partial charge in [-0.25, -0.2) is 18.3 Å². The van der Waals surface area contributed by atoms with E-state index in [1.165, 1.54) is 25.4 Å². The molecule has 0 radical (unpaired) electrons. The van der Waals surface area contributed by atoms with Crippen molar-refractivity contribution in [3.63, 3.8) is 0 Å². The van der Waals surface area contributed by atoms with Crippen molar-refractivity contribution in [2.75, 3.05) is 0 Å². The van der Waals surface area contributed by atoms with Crippen molar-refractivity contribution in [1.29, 1.82) is 0 Å². The van der Waals surface area contributed by atoms with E-state index < -0.39 is 23.7 Å². The topological polar surface area (TPSA) is 44.1 Å². The lowest BCUT2D eigenvalue weighted by atomic mass is 10.1. The molecule has 0 fully saturated rings. The highest BCUT2D eigenvalue weighted by molar-refractivity contribution is 5.89. The third kappa shape index (κ3) is 3.32. The van der Waals surface area contributed by atoms with Crippen LogP contribution in [0.1, 0.15) is 28.9 Å². The molecule has 0 saturated carbocycles. The van der Waals surface area contributed by atoms with Gasteiger partial charge in [0.2, 0.25) is 0 Å². The molecule has 122 valence electrons. The van der Waals surface area contributed by atoms with Gasteiger partial charge in [-0.3, -0.25) is 0 Å². The lowest BCUT2D eigenvalue weighted by molar-refractivity contribution is 0.0331. The van der Waals surface area contributed by atoms with Crippen molar-refractivity contribution in [2.24, 2.45) is 0 Å². The van der Waals surface area contributed by atoms with E-state index in [0.717, 1.165) is 17.8 Å². The van der Waals surface area contributed by atoms with Crippen molar-refractivity contribution in [1.82, 2.24) is 9.78 Å². The molecule has 24 heavy (non-hydrogen) atoms. The molecule has 1 aromatic heterocycles. The van der Waals surface area contributed by atoms with E-state index in [4.69, 9.17) is 4.74 Å². The monoisotopic (exact) mass is 328 g/mol. The van der Waals surface area contributed by atoms with Gasteiger partial charge in [-0.15, -0.1) is 0 Å². The maximum atomic E-state index is 13.7. The van der Waals surface area contributed by atoms with Crippen LogP contribution in [0.25, 0.3) is 5.69 Å². The first-order valence-corrected chi connectivity index (χ1v) is 7.30. The summed E-state index contributed by atoms with van der Waals surface area (Å²) in [7, 11) is 0. The van der Waals surface area contributed by atoms with Gasteiger partial charge in [0.1, 0.15) is 17.7 Å². The molecule has 1 atom stereocenters. The number of benzene rings is 2. The Kier molecular flexibility index (Phi) is 4.37. The fourth-order valence-electron chi connectivity index (χ4n) is 2.27. The zero-order valence-electron chi connectivity index (χ0n) is 12.8. The van der Waals surface area contributed by atoms with Crippen LogP contribution in [0.3, 0.4) is 0 Å². The van der Waals surface area contributed by atoms with Gasteiger partial charge in [0.05, 0.1) is 17.4 Å². The molecular weight excluding hydrogens is 314 g/mol. The predicted octanol–water partition coefficient (Wildman–Crippen LogP) is 4.07. The fourth-order valence-corrected chi connectivity index (χ4v) is 2.27. The van der Waals surface area contributed by atoms with Crippen molar-refractivity contribution < 1.29 is 18.3 Å². The van der Waals surface area contributed by atoms with Crippen LogP contribution in [0.15, 0.2) is 60.9 Å². The first kappa shape index (κ1) is 15.9. The molecule has 2 aromatic carbocycles. The Labute approximate surface area is 137 Å². The van der Waals surface area contributed by atoms with Crippen LogP contribution in [-0.4, -0.2) is 15.7 Å². The lowest BCUT2D eigenvalue weighted by Crippen LogP contribution is -2.10. The first-order valence-electron chi connectivity index (χ1n) is 7.30. The summed E-state index contributed by atoms with van der Waals surface area (Å²) in [6.07, 6.45) is 2.06. The number of hydrogen-bond donors (Lipinski definition) is 0. The zero-order valence-corrected chi connectivity index (χ0v) is 12.8. The normalized spacial score (nSPS) is 12.0. The fraction of sp³-hybridized carbons (Fsp3) is 0.111. The molecule has 0 amide bonds. The highest BCUT2D eigenvalue weighted by atomic mass is 19.1. The van der Waals surface area contributed by atoms with Gasteiger partial charge >= 0.3 is 5.97 Å². The molecular formula is C18H14F2N2O2. The predicted molar refractivity (Wildman–Crippen MR) is 83.8 cm³/mol. The second-order valence-corrected chi connectivity index (χ2v) is 5.22. The second-order valence-electron chi connectivity index (χ2n) is 5.22. The molecule has 4 nitrogen and oxygen atoms in total. The molecule has 1 unspecified atom stereocenters. The summed E-state index contributed by atoms with van der Waals surface area (Å²) in [5.74, 6) is -2.07. The smallest absolute Gasteiger partial charge is 0.341 e. The minimum Gasteiger partial charge on any atom is -0.454 e. The SMILES string of the molecule is CC(OC(=O)c1cnn(-c2ccccc2)c1)c1ccc(F)cc1F. The average molecular weight is 328 g/mol. The van der Waals surface area contributed by atoms with E-state index in [9.17, 15) is 13.6 Å². The van der Waals surface area contributed by atoms with Gasteiger partial charge in [0, 0.05) is 17.8 Å². The largest absolute Gasteiger partial charge is 0.454 e. The van der Waals surface area contributed by atoms with Gasteiger partial charge in [0.15, 0.2) is 0 Å². The van der Waals surface area contributed by atoms with Crippen molar-refractivity contribution in [3.05, 3.63) is 83.7 Å². The Balaban J connectivity index is 1.74. The summed E-state index contributed by atoms with van der Waals surface area (Å²) in [5, 5.41) is 4.11. The quantitative estimate of drug-likeness (QED) is 0.678. The highest BCUT2D eigenvalue weighted by Gasteiger charge is 2.18. The summed E-state index contributed by atoms with van der Waals surface area (Å²) in [5.41, 5.74) is 1.16. The Hall–Kier alpha value is -3.02. The first-order chi connectivity index (χ1) is 11.5. The maximum Gasteiger partial charge on any atom is 0.341 e. The molecule has 0 aliphatic heterocycles. The second kappa shape index (κ2) is 6.62. The van der Waals surface area contributed by atoms with E-state index in [2.05, 4.69) is 5.10 Å². The molecule has 0 aliphatic rings. The molecule has 3 aromatic rings. The number of rotatable bonds is 4. The van der Waals surface area contributed by atoms with Gasteiger partial charge < -0.3 is 4.74 Å². The number of hydrogen-bond acceptors (Lipinski definition) is 3. The van der Waals surface area contributed by atoms with Crippen LogP contribution >= 0.6 is 0 Å². The number of aromatic nitrogens is 2. The van der Waals surface area contributed by atoms with Crippen LogP contribution in [-0.2, 0) is 4.74 Å². The number of esters is 1. The van der Waals surface area contributed by atoms with Crippen LogP contribution in [0.5, 0.6) is 0 Å². The number of carbonyl (C=O) groups excluding carboxylic acids is 1. The minimum absolute atomic E-state index is 0.111. The molecule has 0 bridgehead atoms. The van der Waals surface area contributed by atoms with E-state index >= 15 is 0 Å². The van der Waals surface area contributed by atoms with Crippen LogP contribution < -0.4 is 0 Å². The molecule has 0 spiro atoms. The molecule has 0 N–H and O–H groups in total. The third-order valence-corrected chi connectivity index (χ3v) is 3.52. The van der Waals surface area contributed by atoms with Gasteiger partial charge in [-0.2, -0.15) is 5.10 Å². The number of halogens is 2. The molecule has 3 rings (SSSR count). The lowest BCUT2D eigenvalue weighted by Gasteiger charge is -2.13. The van der Waals surface area contributed by atoms with E-state index in [1.807, 2.05) is 30.3 Å². The molecule has 0 saturated heterocycles. The van der Waals surface area contributed by atoms with Gasteiger partial charge in [-0.1, -0.05) is 18.2 Å². The van der Waals surface area contributed by atoms with Crippen molar-refractivity contribution in [2.45, 2.75) is 13.0 Å². The maximum absolute atomic E-state index is 13.7. The van der Waals surface area contributed by atoms with Gasteiger partial charge in [-0.05, 0) is 31.2 Å². The van der Waals surface area contributed by atoms with Crippen LogP contribution in [0, 0.1) is 11.6 Å². The summed E-state index contributed by atoms with van der Waals surface area (Å²) in [4.78, 5) is 12.2. The summed E-state index contributed by atoms with van der Waals surface area (Å²) < 4.78 is 33.5. The molecule has 6 heteroatoms. The van der Waals surface area contributed by atoms with Crippen LogP contribution in [0.2, 0.25) is 0 Å². The van der Waals surface area contributed by atoms with E-state index in [0.29, 0.717) is 0 Å².